The Hall–Kier alpha value is -1.26. The smallest absolute Gasteiger partial charge is 0.161 e. The lowest BCUT2D eigenvalue weighted by molar-refractivity contribution is 0.0884. The van der Waals surface area contributed by atoms with Crippen LogP contribution in [0.3, 0.4) is 0 Å². The monoisotopic (exact) mass is 262 g/mol. The summed E-state index contributed by atoms with van der Waals surface area (Å²) in [6.07, 6.45) is 1.32. The molecule has 104 valence electrons. The first-order valence-corrected chi connectivity index (χ1v) is 7.04. The number of likely N-dealkylation sites (tertiary alicyclic amines) is 1. The molecule has 0 amide bonds. The maximum atomic E-state index is 5.94. The zero-order chi connectivity index (χ0) is 13.2. The fraction of sp³-hybridized carbons (Fsp3) is 0.600. The fourth-order valence-corrected chi connectivity index (χ4v) is 2.80. The lowest BCUT2D eigenvalue weighted by atomic mass is 10.2. The van der Waals surface area contributed by atoms with Crippen LogP contribution in [0, 0.1) is 0 Å². The van der Waals surface area contributed by atoms with Crippen LogP contribution in [-0.2, 0) is 0 Å². The van der Waals surface area contributed by atoms with E-state index in [1.54, 1.807) is 0 Å². The van der Waals surface area contributed by atoms with Crippen LogP contribution >= 0.6 is 0 Å². The maximum Gasteiger partial charge on any atom is 0.161 e. The number of benzene rings is 1. The lowest BCUT2D eigenvalue weighted by Gasteiger charge is -2.27. The van der Waals surface area contributed by atoms with Gasteiger partial charge in [-0.05, 0) is 32.5 Å². The summed E-state index contributed by atoms with van der Waals surface area (Å²) in [7, 11) is 2.18. The molecular weight excluding hydrogens is 240 g/mol. The van der Waals surface area contributed by atoms with Gasteiger partial charge in [-0.2, -0.15) is 0 Å². The fourth-order valence-electron chi connectivity index (χ4n) is 2.80. The summed E-state index contributed by atoms with van der Waals surface area (Å²) < 4.78 is 11.7. The zero-order valence-electron chi connectivity index (χ0n) is 11.6. The molecule has 3 atom stereocenters. The third-order valence-electron chi connectivity index (χ3n) is 4.09. The molecule has 0 spiro atoms. The molecule has 1 aromatic carbocycles. The van der Waals surface area contributed by atoms with Crippen LogP contribution < -0.4 is 14.8 Å². The second-order valence-corrected chi connectivity index (χ2v) is 5.63. The van der Waals surface area contributed by atoms with Crippen LogP contribution in [0.2, 0.25) is 0 Å². The summed E-state index contributed by atoms with van der Waals surface area (Å²) in [4.78, 5) is 2.39. The van der Waals surface area contributed by atoms with Crippen LogP contribution in [-0.4, -0.2) is 49.8 Å². The number of hydrogen-bond acceptors (Lipinski definition) is 4. The number of para-hydroxylation sites is 2. The molecule has 0 radical (unpaired) electrons. The van der Waals surface area contributed by atoms with Gasteiger partial charge in [0.2, 0.25) is 0 Å². The molecule has 4 heteroatoms. The Kier molecular flexibility index (Phi) is 3.62. The van der Waals surface area contributed by atoms with Gasteiger partial charge in [0.15, 0.2) is 11.5 Å². The highest BCUT2D eigenvalue weighted by Crippen LogP contribution is 2.30. The largest absolute Gasteiger partial charge is 0.486 e. The number of ether oxygens (including phenoxy) is 2. The second kappa shape index (κ2) is 5.39. The van der Waals surface area contributed by atoms with Gasteiger partial charge in [0, 0.05) is 25.2 Å². The third kappa shape index (κ3) is 2.85. The predicted molar refractivity (Wildman–Crippen MR) is 74.9 cm³/mol. The summed E-state index contributed by atoms with van der Waals surface area (Å²) in [5.41, 5.74) is 0. The van der Waals surface area contributed by atoms with Gasteiger partial charge in [0.1, 0.15) is 12.7 Å². The van der Waals surface area contributed by atoms with E-state index in [0.29, 0.717) is 18.7 Å². The highest BCUT2D eigenvalue weighted by molar-refractivity contribution is 5.40. The van der Waals surface area contributed by atoms with Crippen molar-refractivity contribution in [2.75, 3.05) is 26.7 Å². The van der Waals surface area contributed by atoms with Crippen molar-refractivity contribution in [3.8, 4) is 11.5 Å². The molecule has 0 aliphatic carbocycles. The number of likely N-dealkylation sites (N-methyl/N-ethyl adjacent to an activating group) is 1. The molecule has 3 rings (SSSR count). The predicted octanol–water partition coefficient (Wildman–Crippen LogP) is 1.51. The Bertz CT molecular complexity index is 428. The van der Waals surface area contributed by atoms with Gasteiger partial charge in [-0.3, -0.25) is 0 Å². The molecular formula is C15H22N2O2. The van der Waals surface area contributed by atoms with E-state index < -0.39 is 0 Å². The van der Waals surface area contributed by atoms with Crippen molar-refractivity contribution in [3.05, 3.63) is 24.3 Å². The first-order chi connectivity index (χ1) is 9.22. The summed E-state index contributed by atoms with van der Waals surface area (Å²) >= 11 is 0. The first-order valence-electron chi connectivity index (χ1n) is 7.04. The van der Waals surface area contributed by atoms with Gasteiger partial charge in [-0.25, -0.2) is 0 Å². The Balaban J connectivity index is 1.50. The zero-order valence-corrected chi connectivity index (χ0v) is 11.6. The SMILES string of the molecule is CC1CC(NCC2COc3ccccc3O2)CN1C. The number of nitrogens with zero attached hydrogens (tertiary/aromatic N) is 1. The van der Waals surface area contributed by atoms with E-state index in [4.69, 9.17) is 9.47 Å². The summed E-state index contributed by atoms with van der Waals surface area (Å²) in [5.74, 6) is 1.71. The summed E-state index contributed by atoms with van der Waals surface area (Å²) in [6, 6.07) is 9.10. The molecule has 2 aliphatic rings. The first kappa shape index (κ1) is 12.8. The number of rotatable bonds is 3. The quantitative estimate of drug-likeness (QED) is 0.895. The van der Waals surface area contributed by atoms with E-state index >= 15 is 0 Å². The van der Waals surface area contributed by atoms with Crippen LogP contribution in [0.15, 0.2) is 24.3 Å². The Labute approximate surface area is 114 Å². The lowest BCUT2D eigenvalue weighted by Crippen LogP contribution is -2.43. The molecule has 4 nitrogen and oxygen atoms in total. The highest BCUT2D eigenvalue weighted by atomic mass is 16.6. The highest BCUT2D eigenvalue weighted by Gasteiger charge is 2.27. The molecule has 3 unspecified atom stereocenters. The van der Waals surface area contributed by atoms with Crippen molar-refractivity contribution in [1.29, 1.82) is 0 Å². The van der Waals surface area contributed by atoms with Crippen molar-refractivity contribution in [2.24, 2.45) is 0 Å². The number of fused-ring (bicyclic) bond motifs is 1. The molecule has 1 aromatic rings. The van der Waals surface area contributed by atoms with Gasteiger partial charge in [0.25, 0.3) is 0 Å². The number of nitrogens with one attached hydrogen (secondary N) is 1. The molecule has 19 heavy (non-hydrogen) atoms. The van der Waals surface area contributed by atoms with Crippen molar-refractivity contribution >= 4 is 0 Å². The second-order valence-electron chi connectivity index (χ2n) is 5.63. The van der Waals surface area contributed by atoms with Gasteiger partial charge < -0.3 is 19.7 Å². The van der Waals surface area contributed by atoms with Crippen molar-refractivity contribution < 1.29 is 9.47 Å². The van der Waals surface area contributed by atoms with Crippen LogP contribution in [0.25, 0.3) is 0 Å². The van der Waals surface area contributed by atoms with Gasteiger partial charge in [-0.15, -0.1) is 0 Å². The minimum atomic E-state index is 0.108. The van der Waals surface area contributed by atoms with Crippen molar-refractivity contribution in [1.82, 2.24) is 10.2 Å². The van der Waals surface area contributed by atoms with Crippen molar-refractivity contribution in [3.63, 3.8) is 0 Å². The number of hydrogen-bond donors (Lipinski definition) is 1. The molecule has 1 fully saturated rings. The van der Waals surface area contributed by atoms with Gasteiger partial charge in [-0.1, -0.05) is 12.1 Å². The Morgan fingerprint density at radius 3 is 2.84 bits per heavy atom. The molecule has 1 saturated heterocycles. The molecule has 0 saturated carbocycles. The Morgan fingerprint density at radius 2 is 2.11 bits per heavy atom. The minimum absolute atomic E-state index is 0.108. The third-order valence-corrected chi connectivity index (χ3v) is 4.09. The normalized spacial score (nSPS) is 30.5. The van der Waals surface area contributed by atoms with E-state index in [1.165, 1.54) is 6.42 Å². The molecule has 2 heterocycles. The standard InChI is InChI=1S/C15H22N2O2/c1-11-7-12(9-17(11)2)16-8-13-10-18-14-5-3-4-6-15(14)19-13/h3-6,11-13,16H,7-10H2,1-2H3. The summed E-state index contributed by atoms with van der Waals surface area (Å²) in [6.45, 7) is 4.87. The van der Waals surface area contributed by atoms with Crippen LogP contribution in [0.4, 0.5) is 0 Å². The van der Waals surface area contributed by atoms with Crippen molar-refractivity contribution in [2.45, 2.75) is 31.5 Å². The van der Waals surface area contributed by atoms with E-state index in [-0.39, 0.29) is 6.10 Å². The van der Waals surface area contributed by atoms with Gasteiger partial charge >= 0.3 is 0 Å². The molecule has 2 aliphatic heterocycles. The molecule has 1 N–H and O–H groups in total. The minimum Gasteiger partial charge on any atom is -0.486 e. The van der Waals surface area contributed by atoms with E-state index in [2.05, 4.69) is 24.2 Å². The molecule has 0 bridgehead atoms. The molecule has 0 aromatic heterocycles. The van der Waals surface area contributed by atoms with E-state index in [0.717, 1.165) is 24.6 Å². The van der Waals surface area contributed by atoms with E-state index in [9.17, 15) is 0 Å². The average molecular weight is 262 g/mol. The maximum absolute atomic E-state index is 5.94. The van der Waals surface area contributed by atoms with Crippen LogP contribution in [0.5, 0.6) is 11.5 Å². The summed E-state index contributed by atoms with van der Waals surface area (Å²) in [5, 5.41) is 3.60. The average Bonchev–Trinajstić information content (AvgIpc) is 2.75. The Morgan fingerprint density at radius 1 is 1.32 bits per heavy atom. The van der Waals surface area contributed by atoms with E-state index in [1.807, 2.05) is 24.3 Å². The topological polar surface area (TPSA) is 33.7 Å². The van der Waals surface area contributed by atoms with Crippen LogP contribution in [0.1, 0.15) is 13.3 Å². The van der Waals surface area contributed by atoms with Gasteiger partial charge in [0.05, 0.1) is 0 Å².